The van der Waals surface area contributed by atoms with E-state index >= 15 is 0 Å². The minimum atomic E-state index is -2.06. The second-order valence-corrected chi connectivity index (χ2v) is 27.4. The van der Waals surface area contributed by atoms with Crippen LogP contribution in [0.1, 0.15) is 174 Å². The van der Waals surface area contributed by atoms with Gasteiger partial charge < -0.3 is 23.7 Å². The molecule has 15 rings (SSSR count). The summed E-state index contributed by atoms with van der Waals surface area (Å²) >= 11 is 0. The number of nitrogens with zero attached hydrogens (tertiary/aromatic N) is 4. The Hall–Kier alpha value is -8.74. The van der Waals surface area contributed by atoms with Crippen LogP contribution in [-0.2, 0) is 27.1 Å². The van der Waals surface area contributed by atoms with Crippen LogP contribution in [0.4, 0.5) is 51.2 Å². The third-order valence-corrected chi connectivity index (χ3v) is 16.1. The summed E-state index contributed by atoms with van der Waals surface area (Å²) in [4.78, 5) is 2.85. The van der Waals surface area contributed by atoms with Crippen molar-refractivity contribution in [3.05, 3.63) is 221 Å². The smallest absolute Gasteiger partial charge is 0.252 e. The maximum Gasteiger partial charge on any atom is 0.252 e. The van der Waals surface area contributed by atoms with Crippen LogP contribution in [-0.4, -0.2) is 11.3 Å². The van der Waals surface area contributed by atoms with Gasteiger partial charge in [-0.15, -0.1) is 0 Å². The van der Waals surface area contributed by atoms with Gasteiger partial charge in [0.25, 0.3) is 6.71 Å². The Kier molecular flexibility index (Phi) is 6.43. The molecule has 0 saturated carbocycles. The Balaban J connectivity index is 1.22. The van der Waals surface area contributed by atoms with Crippen molar-refractivity contribution in [2.45, 2.75) is 131 Å². The minimum absolute atomic E-state index is 0.0232. The molecular weight excluding hydrogens is 1040 g/mol. The second-order valence-electron chi connectivity index (χ2n) is 27.4. The van der Waals surface area contributed by atoms with Crippen molar-refractivity contribution in [1.82, 2.24) is 4.57 Å². The Bertz CT molecular complexity index is 6540. The fraction of sp³-hybridized carbons (Fsp3) is 0.250. The van der Waals surface area contributed by atoms with Crippen molar-refractivity contribution in [2.75, 3.05) is 14.7 Å². The van der Waals surface area contributed by atoms with E-state index in [1.807, 2.05) is 0 Å². The van der Waals surface area contributed by atoms with E-state index in [-0.39, 0.29) is 101 Å². The fourth-order valence-electron chi connectivity index (χ4n) is 11.5. The van der Waals surface area contributed by atoms with Crippen LogP contribution in [0.2, 0.25) is 0 Å². The van der Waals surface area contributed by atoms with Crippen molar-refractivity contribution >= 4 is 118 Å². The molecule has 0 bridgehead atoms. The van der Waals surface area contributed by atoms with Gasteiger partial charge in [0.1, 0.15) is 11.2 Å². The first-order chi connectivity index (χ1) is 53.8. The zero-order chi connectivity index (χ0) is 86.9. The van der Waals surface area contributed by atoms with Crippen LogP contribution in [0, 0.1) is 0 Å². The topological polar surface area (TPSA) is 27.8 Å². The molecule has 5 nitrogen and oxygen atoms in total. The number of anilines is 9. The number of fused-ring (bicyclic) bond motifs is 12. The fourth-order valence-corrected chi connectivity index (χ4v) is 11.5. The zero-order valence-electron chi connectivity index (χ0n) is 81.4. The summed E-state index contributed by atoms with van der Waals surface area (Å²) in [6, 6.07) is -23.1. The van der Waals surface area contributed by atoms with Gasteiger partial charge in [-0.1, -0.05) is 201 Å². The van der Waals surface area contributed by atoms with E-state index in [9.17, 15) is 37.0 Å². The van der Waals surface area contributed by atoms with Gasteiger partial charge in [0.15, 0.2) is 0 Å². The van der Waals surface area contributed by atoms with Gasteiger partial charge in [-0.2, -0.15) is 0 Å². The second kappa shape index (κ2) is 18.4. The monoisotopic (exact) mass is 1150 g/mol. The summed E-state index contributed by atoms with van der Waals surface area (Å²) in [5, 5.41) is -0.607. The molecule has 426 valence electrons. The van der Waals surface area contributed by atoms with Crippen LogP contribution >= 0.6 is 0 Å². The third-order valence-electron chi connectivity index (χ3n) is 16.1. The molecule has 0 amide bonds. The molecule has 0 spiro atoms. The Morgan fingerprint density at radius 1 is 0.407 bits per heavy atom. The molecule has 0 aliphatic carbocycles. The van der Waals surface area contributed by atoms with E-state index in [4.69, 9.17) is 9.90 Å². The van der Waals surface area contributed by atoms with E-state index in [2.05, 4.69) is 0 Å². The van der Waals surface area contributed by atoms with Crippen molar-refractivity contribution in [3.63, 3.8) is 0 Å². The van der Waals surface area contributed by atoms with Gasteiger partial charge in [0, 0.05) is 66.9 Å². The summed E-state index contributed by atoms with van der Waals surface area (Å²) < 4.78 is 320. The number of aromatic nitrogens is 1. The maximum atomic E-state index is 11.4. The molecule has 0 atom stereocenters. The van der Waals surface area contributed by atoms with Crippen LogP contribution < -0.4 is 31.1 Å². The molecule has 86 heavy (non-hydrogen) atoms. The molecule has 0 saturated heterocycles. The molecule has 0 N–H and O–H groups in total. The Morgan fingerprint density at radius 3 is 1.62 bits per heavy atom. The summed E-state index contributed by atoms with van der Waals surface area (Å²) in [6.07, 6.45) is 0. The third kappa shape index (κ3) is 8.25. The molecule has 6 heteroatoms. The normalized spacial score (nSPS) is 19.0. The highest BCUT2D eigenvalue weighted by atomic mass is 16.3. The highest BCUT2D eigenvalue weighted by Crippen LogP contribution is 2.55. The molecule has 0 unspecified atom stereocenters. The SMILES string of the molecule is [2H]c1cc2c(oc3c([2H])c([2H])c([2H])c([2H])c32)c(-c2c([2H])c([2H])c(N3c4c([2H])c(N(c5c([2H])c([2H])c(C(C)(C)C)c([2H])c5[2H])c5c([2H])c([2H])c(C(C)(C)C)c([2H])c5[2H])c([2H])c([2H])c4B4c5c3c([2H])c(C(C)(C)C)c([2H])c5N3c5c4c([2H])c([2H])c([2H])c5-n4c5c([2H])c([2H])c(C(C)(C)C)c([2H])c5c5c([2H])c(C(C)(C)C)c([2H])c3c54)c([2H])c2[2H])c1[2H]. The molecule has 3 aliphatic heterocycles. The molecule has 0 radical (unpaired) electrons. The van der Waals surface area contributed by atoms with Crippen LogP contribution in [0.15, 0.2) is 198 Å². The number of rotatable bonds is 5. The first-order valence-corrected chi connectivity index (χ1v) is 28.5. The highest BCUT2D eigenvalue weighted by Gasteiger charge is 2.47. The van der Waals surface area contributed by atoms with Gasteiger partial charge >= 0.3 is 0 Å². The van der Waals surface area contributed by atoms with Gasteiger partial charge in [0.2, 0.25) is 0 Å². The number of benzene rings is 10. The summed E-state index contributed by atoms with van der Waals surface area (Å²) in [5.41, 5.74) is -17.1. The van der Waals surface area contributed by atoms with Crippen molar-refractivity contribution in [1.29, 1.82) is 0 Å². The maximum absolute atomic E-state index is 11.4. The van der Waals surface area contributed by atoms with E-state index in [0.29, 0.717) is 4.90 Å². The lowest BCUT2D eigenvalue weighted by Crippen LogP contribution is -2.62. The predicted molar refractivity (Wildman–Crippen MR) is 369 cm³/mol. The lowest BCUT2D eigenvalue weighted by atomic mass is 9.33. The molecule has 5 heterocycles. The Morgan fingerprint density at radius 2 is 0.977 bits per heavy atom. The zero-order valence-corrected chi connectivity index (χ0v) is 50.4. The number of hydrogen-bond donors (Lipinski definition) is 0. The lowest BCUT2D eigenvalue weighted by Gasteiger charge is -2.47. The first kappa shape index (κ1) is 30.1. The molecule has 3 aliphatic rings. The molecule has 2 aromatic heterocycles. The van der Waals surface area contributed by atoms with E-state index < -0.39 is 276 Å². The first-order valence-electron chi connectivity index (χ1n) is 44.0. The van der Waals surface area contributed by atoms with E-state index in [1.165, 1.54) is 9.47 Å². The van der Waals surface area contributed by atoms with E-state index in [1.54, 1.807) is 104 Å². The van der Waals surface area contributed by atoms with Crippen LogP contribution in [0.5, 0.6) is 0 Å². The Labute approximate surface area is 552 Å². The average Bonchev–Trinajstić information content (AvgIpc) is 1.64. The quantitative estimate of drug-likeness (QED) is 0.161. The molecule has 10 aromatic carbocycles. The van der Waals surface area contributed by atoms with Crippen LogP contribution in [0.3, 0.4) is 0 Å². The minimum Gasteiger partial charge on any atom is -0.455 e. The summed E-state index contributed by atoms with van der Waals surface area (Å²) in [5.74, 6) is 0. The highest BCUT2D eigenvalue weighted by molar-refractivity contribution is 7.00. The lowest BCUT2D eigenvalue weighted by molar-refractivity contribution is 0.590. The summed E-state index contributed by atoms with van der Waals surface area (Å²) in [6.45, 7) is 22.9. The van der Waals surface area contributed by atoms with Gasteiger partial charge in [0.05, 0.1) is 70.6 Å². The summed E-state index contributed by atoms with van der Waals surface area (Å²) in [7, 11) is 0. The van der Waals surface area contributed by atoms with Gasteiger partial charge in [-0.3, -0.25) is 0 Å². The largest absolute Gasteiger partial charge is 0.455 e. The van der Waals surface area contributed by atoms with Crippen LogP contribution in [0.25, 0.3) is 60.6 Å². The van der Waals surface area contributed by atoms with Crippen molar-refractivity contribution in [2.24, 2.45) is 0 Å². The van der Waals surface area contributed by atoms with Crippen molar-refractivity contribution < 1.29 is 46.9 Å². The molecular formula is C80H77BN4O. The van der Waals surface area contributed by atoms with E-state index in [0.717, 1.165) is 11.0 Å². The van der Waals surface area contributed by atoms with Gasteiger partial charge in [-0.05, 0) is 174 Å². The molecule has 0 fully saturated rings. The standard InChI is InChI=1S/C80H77BN4O/c1-76(2,3)49-28-35-54(36-29-49)82(55-37-30-50(31-38-55)77(4,5)6)57-39-40-63-67(47-57)83(56-33-26-48(27-34-56)58-21-18-22-60-59-20-16-17-25-71(59)86-75(58)60)68-44-53(80(13,14)15)45-69-72(68)81(63)64-23-19-24-66-74(64)85(69)70-46-52(79(10,11)12)43-62-61-42-51(78(7,8)9)32-41-65(61)84(66)73(62)70/h16-47H,1-15H3/i16D,17D,18D,19D,20D,21D,23D,24D,25D,26D,27D,28D,29D,30D,31D,32D,33D,34D,35D,36D,37D,38D,39D,40D,41D,42D,43D,44D,45D,46D,47D. The van der Waals surface area contributed by atoms with Gasteiger partial charge in [-0.25, -0.2) is 0 Å². The predicted octanol–water partition coefficient (Wildman–Crippen LogP) is 20.7. The number of para-hydroxylation sites is 3. The number of hydrogen-bond acceptors (Lipinski definition) is 4. The average molecular weight is 1150 g/mol. The molecule has 12 aromatic rings. The number of furan rings is 1. The van der Waals surface area contributed by atoms with Crippen molar-refractivity contribution in [3.8, 4) is 16.8 Å².